The second kappa shape index (κ2) is 7.16. The van der Waals surface area contributed by atoms with Crippen molar-refractivity contribution in [1.82, 2.24) is 14.9 Å². The van der Waals surface area contributed by atoms with Gasteiger partial charge >= 0.3 is 5.69 Å². The molecule has 0 aliphatic carbocycles. The van der Waals surface area contributed by atoms with Gasteiger partial charge in [0.05, 0.1) is 5.69 Å². The third-order valence-corrected chi connectivity index (χ3v) is 3.40. The van der Waals surface area contributed by atoms with E-state index in [0.717, 1.165) is 0 Å². The SMILES string of the molecule is CC(C)(C)C(=O)NCCC(=O)Nc1ccc(-n2cc[nH]c2=O)cc1. The van der Waals surface area contributed by atoms with Crippen molar-refractivity contribution >= 4 is 17.5 Å². The van der Waals surface area contributed by atoms with Gasteiger partial charge in [-0.1, -0.05) is 20.8 Å². The fourth-order valence-electron chi connectivity index (χ4n) is 2.01. The summed E-state index contributed by atoms with van der Waals surface area (Å²) in [6.07, 6.45) is 3.39. The standard InChI is InChI=1S/C17H22N4O3/c1-17(2,3)15(23)18-9-8-14(22)20-12-4-6-13(7-5-12)21-11-10-19-16(21)24/h4-7,10-11H,8-9H2,1-3H3,(H,18,23)(H,19,24)(H,20,22). The van der Waals surface area contributed by atoms with Crippen LogP contribution in [-0.2, 0) is 9.59 Å². The molecule has 2 aromatic rings. The zero-order valence-electron chi connectivity index (χ0n) is 14.1. The van der Waals surface area contributed by atoms with E-state index in [-0.39, 0.29) is 23.9 Å². The first-order valence-electron chi connectivity index (χ1n) is 7.72. The van der Waals surface area contributed by atoms with E-state index in [4.69, 9.17) is 0 Å². The molecule has 0 unspecified atom stereocenters. The summed E-state index contributed by atoms with van der Waals surface area (Å²) >= 11 is 0. The van der Waals surface area contributed by atoms with Crippen molar-refractivity contribution in [3.05, 3.63) is 47.1 Å². The highest BCUT2D eigenvalue weighted by Crippen LogP contribution is 2.13. The normalized spacial score (nSPS) is 11.1. The number of aromatic amines is 1. The molecule has 1 aromatic heterocycles. The van der Waals surface area contributed by atoms with Crippen molar-refractivity contribution in [2.75, 3.05) is 11.9 Å². The Labute approximate surface area is 140 Å². The van der Waals surface area contributed by atoms with Crippen LogP contribution in [0, 0.1) is 5.41 Å². The van der Waals surface area contributed by atoms with Gasteiger partial charge in [0, 0.05) is 36.5 Å². The summed E-state index contributed by atoms with van der Waals surface area (Å²) in [7, 11) is 0. The summed E-state index contributed by atoms with van der Waals surface area (Å²) in [5.41, 5.74) is 0.648. The van der Waals surface area contributed by atoms with Gasteiger partial charge in [-0.3, -0.25) is 14.2 Å². The Morgan fingerprint density at radius 1 is 1.17 bits per heavy atom. The number of hydrogen-bond donors (Lipinski definition) is 3. The zero-order chi connectivity index (χ0) is 17.7. The van der Waals surface area contributed by atoms with Gasteiger partial charge in [0.25, 0.3) is 0 Å². The van der Waals surface area contributed by atoms with Crippen LogP contribution in [0.25, 0.3) is 5.69 Å². The third-order valence-electron chi connectivity index (χ3n) is 3.40. The molecule has 2 rings (SSSR count). The molecule has 0 atom stereocenters. The molecule has 1 aromatic carbocycles. The largest absolute Gasteiger partial charge is 0.355 e. The van der Waals surface area contributed by atoms with E-state index < -0.39 is 5.41 Å². The van der Waals surface area contributed by atoms with Gasteiger partial charge in [-0.25, -0.2) is 4.79 Å². The van der Waals surface area contributed by atoms with Gasteiger partial charge in [0.2, 0.25) is 11.8 Å². The van der Waals surface area contributed by atoms with Gasteiger partial charge in [0.15, 0.2) is 0 Å². The summed E-state index contributed by atoms with van der Waals surface area (Å²) in [5, 5.41) is 5.49. The monoisotopic (exact) mass is 330 g/mol. The van der Waals surface area contributed by atoms with Gasteiger partial charge in [-0.05, 0) is 24.3 Å². The maximum absolute atomic E-state index is 11.9. The molecular weight excluding hydrogens is 308 g/mol. The summed E-state index contributed by atoms with van der Waals surface area (Å²) in [6.45, 7) is 5.75. The summed E-state index contributed by atoms with van der Waals surface area (Å²) < 4.78 is 1.47. The maximum Gasteiger partial charge on any atom is 0.330 e. The average molecular weight is 330 g/mol. The van der Waals surface area contributed by atoms with E-state index in [1.54, 1.807) is 36.7 Å². The van der Waals surface area contributed by atoms with Crippen molar-refractivity contribution in [1.29, 1.82) is 0 Å². The molecule has 0 aliphatic rings. The molecule has 7 nitrogen and oxygen atoms in total. The van der Waals surface area contributed by atoms with Crippen LogP contribution < -0.4 is 16.3 Å². The molecule has 0 fully saturated rings. The van der Waals surface area contributed by atoms with Crippen LogP contribution >= 0.6 is 0 Å². The van der Waals surface area contributed by atoms with E-state index in [9.17, 15) is 14.4 Å². The van der Waals surface area contributed by atoms with Gasteiger partial charge in [-0.15, -0.1) is 0 Å². The molecule has 128 valence electrons. The molecular formula is C17H22N4O3. The molecule has 1 heterocycles. The summed E-state index contributed by atoms with van der Waals surface area (Å²) in [5.74, 6) is -0.271. The topological polar surface area (TPSA) is 96.0 Å². The first-order valence-corrected chi connectivity index (χ1v) is 7.72. The van der Waals surface area contributed by atoms with E-state index in [1.165, 1.54) is 4.57 Å². The highest BCUT2D eigenvalue weighted by Gasteiger charge is 2.20. The number of hydrogen-bond acceptors (Lipinski definition) is 3. The lowest BCUT2D eigenvalue weighted by Crippen LogP contribution is -2.36. The minimum Gasteiger partial charge on any atom is -0.355 e. The van der Waals surface area contributed by atoms with Crippen LogP contribution in [0.2, 0.25) is 0 Å². The van der Waals surface area contributed by atoms with Crippen LogP contribution in [0.3, 0.4) is 0 Å². The number of aromatic nitrogens is 2. The smallest absolute Gasteiger partial charge is 0.330 e. The van der Waals surface area contributed by atoms with Crippen LogP contribution in [0.4, 0.5) is 5.69 Å². The maximum atomic E-state index is 11.9. The van der Waals surface area contributed by atoms with Crippen molar-refractivity contribution in [3.63, 3.8) is 0 Å². The van der Waals surface area contributed by atoms with Crippen LogP contribution in [0.5, 0.6) is 0 Å². The minimum atomic E-state index is -0.470. The molecule has 7 heteroatoms. The lowest BCUT2D eigenvalue weighted by Gasteiger charge is -2.17. The number of benzene rings is 1. The fraction of sp³-hybridized carbons (Fsp3) is 0.353. The molecule has 0 spiro atoms. The van der Waals surface area contributed by atoms with Gasteiger partial charge < -0.3 is 15.6 Å². The highest BCUT2D eigenvalue weighted by molar-refractivity contribution is 5.91. The number of H-pyrrole nitrogens is 1. The highest BCUT2D eigenvalue weighted by atomic mass is 16.2. The van der Waals surface area contributed by atoms with Crippen molar-refractivity contribution < 1.29 is 9.59 Å². The molecule has 0 saturated heterocycles. The fourth-order valence-corrected chi connectivity index (χ4v) is 2.01. The summed E-state index contributed by atoms with van der Waals surface area (Å²) in [6, 6.07) is 6.93. The number of anilines is 1. The summed E-state index contributed by atoms with van der Waals surface area (Å²) in [4.78, 5) is 37.7. The quantitative estimate of drug-likeness (QED) is 0.778. The second-order valence-corrected chi connectivity index (χ2v) is 6.49. The number of nitrogens with one attached hydrogen (secondary N) is 3. The first kappa shape index (κ1) is 17.5. The number of rotatable bonds is 5. The Morgan fingerprint density at radius 3 is 2.38 bits per heavy atom. The Bertz CT molecular complexity index is 766. The zero-order valence-corrected chi connectivity index (χ0v) is 14.1. The van der Waals surface area contributed by atoms with Gasteiger partial charge in [-0.2, -0.15) is 0 Å². The Balaban J connectivity index is 1.85. The van der Waals surface area contributed by atoms with Crippen molar-refractivity contribution in [3.8, 4) is 5.69 Å². The lowest BCUT2D eigenvalue weighted by molar-refractivity contribution is -0.128. The Kier molecular flexibility index (Phi) is 5.23. The molecule has 0 aliphatic heterocycles. The van der Waals surface area contributed by atoms with E-state index >= 15 is 0 Å². The van der Waals surface area contributed by atoms with Gasteiger partial charge in [0.1, 0.15) is 0 Å². The average Bonchev–Trinajstić information content (AvgIpc) is 2.93. The van der Waals surface area contributed by atoms with E-state index in [2.05, 4.69) is 15.6 Å². The molecule has 0 saturated carbocycles. The number of carbonyl (C=O) groups is 2. The minimum absolute atomic E-state index is 0.0865. The van der Waals surface area contributed by atoms with Crippen LogP contribution in [-0.4, -0.2) is 27.9 Å². The number of imidazole rings is 1. The number of amides is 2. The Hall–Kier alpha value is -2.83. The Morgan fingerprint density at radius 2 is 1.83 bits per heavy atom. The predicted octanol–water partition coefficient (Wildman–Crippen LogP) is 1.66. The molecule has 24 heavy (non-hydrogen) atoms. The van der Waals surface area contributed by atoms with Crippen molar-refractivity contribution in [2.45, 2.75) is 27.2 Å². The van der Waals surface area contributed by atoms with Crippen molar-refractivity contribution in [2.24, 2.45) is 5.41 Å². The molecule has 2 amide bonds. The van der Waals surface area contributed by atoms with Crippen LogP contribution in [0.1, 0.15) is 27.2 Å². The first-order chi connectivity index (χ1) is 11.3. The number of nitrogens with zero attached hydrogens (tertiary/aromatic N) is 1. The molecule has 3 N–H and O–H groups in total. The molecule has 0 radical (unpaired) electrons. The van der Waals surface area contributed by atoms with E-state index in [1.807, 2.05) is 20.8 Å². The van der Waals surface area contributed by atoms with Crippen LogP contribution in [0.15, 0.2) is 41.5 Å². The predicted molar refractivity (Wildman–Crippen MR) is 92.1 cm³/mol. The second-order valence-electron chi connectivity index (χ2n) is 6.49. The lowest BCUT2D eigenvalue weighted by atomic mass is 9.96. The molecule has 0 bridgehead atoms. The third kappa shape index (κ3) is 4.58. The number of carbonyl (C=O) groups excluding carboxylic acids is 2. The van der Waals surface area contributed by atoms with E-state index in [0.29, 0.717) is 17.9 Å².